The highest BCUT2D eigenvalue weighted by Gasteiger charge is 2.33. The zero-order chi connectivity index (χ0) is 12.5. The van der Waals surface area contributed by atoms with Gasteiger partial charge in [0, 0.05) is 12.3 Å². The number of nitrogens with zero attached hydrogens (tertiary/aromatic N) is 1. The second-order valence-electron chi connectivity index (χ2n) is 5.61. The lowest BCUT2D eigenvalue weighted by Crippen LogP contribution is -2.09. The summed E-state index contributed by atoms with van der Waals surface area (Å²) in [5.74, 6) is 0.717. The number of carboxylic acid groups (broad SMARTS) is 1. The van der Waals surface area contributed by atoms with E-state index >= 15 is 0 Å². The molecule has 0 spiro atoms. The molecule has 18 heavy (non-hydrogen) atoms. The zero-order valence-electron chi connectivity index (χ0n) is 10.5. The van der Waals surface area contributed by atoms with Crippen LogP contribution in [0.5, 0.6) is 0 Å². The van der Waals surface area contributed by atoms with E-state index in [0.29, 0.717) is 23.4 Å². The van der Waals surface area contributed by atoms with Crippen molar-refractivity contribution in [2.45, 2.75) is 57.3 Å². The number of rotatable bonds is 4. The van der Waals surface area contributed by atoms with Crippen LogP contribution in [0.4, 0.5) is 0 Å². The maximum absolute atomic E-state index is 11.1. The van der Waals surface area contributed by atoms with Crippen molar-refractivity contribution in [3.63, 3.8) is 0 Å². The van der Waals surface area contributed by atoms with Crippen molar-refractivity contribution in [3.8, 4) is 0 Å². The molecule has 3 rings (SSSR count). The molecule has 0 saturated heterocycles. The topological polar surface area (TPSA) is 63.3 Å². The number of oxazole rings is 1. The highest BCUT2D eigenvalue weighted by atomic mass is 16.4. The Balaban J connectivity index is 1.75. The van der Waals surface area contributed by atoms with E-state index in [1.165, 1.54) is 32.1 Å². The minimum Gasteiger partial charge on any atom is -0.475 e. The quantitative estimate of drug-likeness (QED) is 0.888. The summed E-state index contributed by atoms with van der Waals surface area (Å²) in [4.78, 5) is 15.6. The van der Waals surface area contributed by atoms with E-state index in [1.54, 1.807) is 0 Å². The first-order chi connectivity index (χ1) is 8.74. The summed E-state index contributed by atoms with van der Waals surface area (Å²) in [6.45, 7) is 0. The van der Waals surface area contributed by atoms with Crippen LogP contribution in [0.1, 0.15) is 73.0 Å². The van der Waals surface area contributed by atoms with E-state index in [0.717, 1.165) is 19.3 Å². The van der Waals surface area contributed by atoms with Gasteiger partial charge in [0.25, 0.3) is 0 Å². The first kappa shape index (κ1) is 11.8. The lowest BCUT2D eigenvalue weighted by Gasteiger charge is -2.19. The van der Waals surface area contributed by atoms with Gasteiger partial charge in [-0.05, 0) is 31.6 Å². The molecule has 0 bridgehead atoms. The maximum atomic E-state index is 11.1. The summed E-state index contributed by atoms with van der Waals surface area (Å²) < 4.78 is 5.47. The molecular formula is C14H19NO3. The first-order valence-electron chi connectivity index (χ1n) is 6.97. The smallest absolute Gasteiger partial charge is 0.373 e. The van der Waals surface area contributed by atoms with E-state index in [4.69, 9.17) is 9.52 Å². The van der Waals surface area contributed by atoms with Crippen LogP contribution in [0.3, 0.4) is 0 Å². The van der Waals surface area contributed by atoms with Crippen LogP contribution in [0.25, 0.3) is 0 Å². The van der Waals surface area contributed by atoms with Gasteiger partial charge in [0.05, 0.1) is 5.69 Å². The molecule has 1 heterocycles. The Morgan fingerprint density at radius 2 is 1.94 bits per heavy atom. The van der Waals surface area contributed by atoms with E-state index < -0.39 is 5.97 Å². The third-order valence-corrected chi connectivity index (χ3v) is 4.04. The lowest BCUT2D eigenvalue weighted by atomic mass is 9.87. The highest BCUT2D eigenvalue weighted by Crippen LogP contribution is 2.41. The lowest BCUT2D eigenvalue weighted by molar-refractivity contribution is 0.0658. The molecule has 0 radical (unpaired) electrons. The number of carbonyl (C=O) groups is 1. The molecule has 2 saturated carbocycles. The number of carboxylic acids is 1. The largest absolute Gasteiger partial charge is 0.475 e. The molecule has 0 atom stereocenters. The second-order valence-corrected chi connectivity index (χ2v) is 5.61. The van der Waals surface area contributed by atoms with Crippen LogP contribution in [0.2, 0.25) is 0 Å². The Morgan fingerprint density at radius 3 is 2.56 bits per heavy atom. The van der Waals surface area contributed by atoms with Crippen LogP contribution in [0.15, 0.2) is 4.42 Å². The predicted molar refractivity (Wildman–Crippen MR) is 65.7 cm³/mol. The SMILES string of the molecule is O=C(O)c1oc(CC2CCCCC2)nc1C1CC1. The monoisotopic (exact) mass is 249 g/mol. The molecular weight excluding hydrogens is 230 g/mol. The fourth-order valence-electron chi connectivity index (χ4n) is 2.89. The zero-order valence-corrected chi connectivity index (χ0v) is 10.5. The van der Waals surface area contributed by atoms with Crippen LogP contribution >= 0.6 is 0 Å². The molecule has 98 valence electrons. The van der Waals surface area contributed by atoms with Crippen molar-refractivity contribution in [3.05, 3.63) is 17.3 Å². The average Bonchev–Trinajstić information content (AvgIpc) is 3.12. The number of aromatic carboxylic acids is 1. The molecule has 0 aromatic carbocycles. The van der Waals surface area contributed by atoms with Gasteiger partial charge >= 0.3 is 5.97 Å². The van der Waals surface area contributed by atoms with Crippen molar-refractivity contribution in [2.75, 3.05) is 0 Å². The van der Waals surface area contributed by atoms with E-state index in [2.05, 4.69) is 4.98 Å². The van der Waals surface area contributed by atoms with Crippen molar-refractivity contribution < 1.29 is 14.3 Å². The molecule has 1 N–H and O–H groups in total. The first-order valence-corrected chi connectivity index (χ1v) is 6.97. The van der Waals surface area contributed by atoms with E-state index in [1.807, 2.05) is 0 Å². The van der Waals surface area contributed by atoms with Gasteiger partial charge in [0.2, 0.25) is 5.76 Å². The minimum absolute atomic E-state index is 0.0864. The molecule has 2 aliphatic rings. The van der Waals surface area contributed by atoms with Crippen molar-refractivity contribution in [1.29, 1.82) is 0 Å². The Morgan fingerprint density at radius 1 is 1.22 bits per heavy atom. The van der Waals surface area contributed by atoms with Gasteiger partial charge in [-0.15, -0.1) is 0 Å². The molecule has 0 aliphatic heterocycles. The second kappa shape index (κ2) is 4.75. The van der Waals surface area contributed by atoms with Crippen LogP contribution in [-0.4, -0.2) is 16.1 Å². The number of hydrogen-bond acceptors (Lipinski definition) is 3. The fraction of sp³-hybridized carbons (Fsp3) is 0.714. The summed E-state index contributed by atoms with van der Waals surface area (Å²) in [6, 6.07) is 0. The summed E-state index contributed by atoms with van der Waals surface area (Å²) in [6.07, 6.45) is 9.26. The standard InChI is InChI=1S/C14H19NO3/c16-14(17)13-12(10-6-7-10)15-11(18-13)8-9-4-2-1-3-5-9/h9-10H,1-8H2,(H,16,17). The Labute approximate surface area is 106 Å². The molecule has 0 amide bonds. The molecule has 0 unspecified atom stereocenters. The summed E-state index contributed by atoms with van der Waals surface area (Å²) in [5, 5.41) is 9.13. The Kier molecular flexibility index (Phi) is 3.10. The molecule has 2 aliphatic carbocycles. The van der Waals surface area contributed by atoms with Gasteiger partial charge in [-0.25, -0.2) is 9.78 Å². The highest BCUT2D eigenvalue weighted by molar-refractivity contribution is 5.85. The van der Waals surface area contributed by atoms with Gasteiger partial charge < -0.3 is 9.52 Å². The normalized spacial score (nSPS) is 21.1. The average molecular weight is 249 g/mol. The summed E-state index contributed by atoms with van der Waals surface area (Å²) >= 11 is 0. The third-order valence-electron chi connectivity index (χ3n) is 4.04. The number of hydrogen-bond donors (Lipinski definition) is 1. The van der Waals surface area contributed by atoms with Crippen LogP contribution in [-0.2, 0) is 6.42 Å². The van der Waals surface area contributed by atoms with Crippen molar-refractivity contribution >= 4 is 5.97 Å². The predicted octanol–water partition coefficient (Wildman–Crippen LogP) is 3.37. The molecule has 4 heteroatoms. The van der Waals surface area contributed by atoms with Gasteiger partial charge in [0.1, 0.15) is 0 Å². The fourth-order valence-corrected chi connectivity index (χ4v) is 2.89. The van der Waals surface area contributed by atoms with Gasteiger partial charge in [-0.3, -0.25) is 0 Å². The summed E-state index contributed by atoms with van der Waals surface area (Å²) in [7, 11) is 0. The minimum atomic E-state index is -0.973. The van der Waals surface area contributed by atoms with Crippen molar-refractivity contribution in [2.24, 2.45) is 5.92 Å². The Bertz CT molecular complexity index is 442. The molecule has 1 aromatic rings. The number of aromatic nitrogens is 1. The Hall–Kier alpha value is -1.32. The molecule has 1 aromatic heterocycles. The maximum Gasteiger partial charge on any atom is 0.373 e. The van der Waals surface area contributed by atoms with Crippen LogP contribution in [0, 0.1) is 5.92 Å². The van der Waals surface area contributed by atoms with Gasteiger partial charge in [-0.1, -0.05) is 19.3 Å². The van der Waals surface area contributed by atoms with Crippen molar-refractivity contribution in [1.82, 2.24) is 4.98 Å². The molecule has 4 nitrogen and oxygen atoms in total. The summed E-state index contributed by atoms with van der Waals surface area (Å²) in [5.41, 5.74) is 0.688. The van der Waals surface area contributed by atoms with Gasteiger partial charge in [-0.2, -0.15) is 0 Å². The van der Waals surface area contributed by atoms with Gasteiger partial charge in [0.15, 0.2) is 5.89 Å². The van der Waals surface area contributed by atoms with E-state index in [-0.39, 0.29) is 5.76 Å². The van der Waals surface area contributed by atoms with Crippen LogP contribution < -0.4 is 0 Å². The third kappa shape index (κ3) is 2.42. The van der Waals surface area contributed by atoms with E-state index in [9.17, 15) is 4.79 Å². The molecule has 2 fully saturated rings.